The van der Waals surface area contributed by atoms with Crippen LogP contribution in [0.1, 0.15) is 123 Å². The van der Waals surface area contributed by atoms with Crippen LogP contribution in [-0.2, 0) is 6.42 Å². The molecule has 6 rings (SSSR count). The average molecular weight is 589 g/mol. The highest BCUT2D eigenvalue weighted by Gasteiger charge is 2.29. The first-order chi connectivity index (χ1) is 21.0. The van der Waals surface area contributed by atoms with Gasteiger partial charge in [-0.1, -0.05) is 26.7 Å². The lowest BCUT2D eigenvalue weighted by atomic mass is 9.99. The van der Waals surface area contributed by atoms with E-state index in [2.05, 4.69) is 108 Å². The Kier molecular flexibility index (Phi) is 7.96. The lowest BCUT2D eigenvalue weighted by molar-refractivity contribution is -0.538. The van der Waals surface area contributed by atoms with Crippen LogP contribution in [0.2, 0.25) is 0 Å². The molecule has 5 N–H and O–H groups in total. The van der Waals surface area contributed by atoms with E-state index in [-0.39, 0.29) is 0 Å². The number of allylic oxidation sites excluding steroid dienone is 3. The smallest absolute Gasteiger partial charge is 0.140 e. The molecule has 0 saturated heterocycles. The molecule has 0 fully saturated rings. The van der Waals surface area contributed by atoms with Gasteiger partial charge >= 0.3 is 0 Å². The van der Waals surface area contributed by atoms with Gasteiger partial charge in [0.1, 0.15) is 11.4 Å². The molecule has 0 aromatic carbocycles. The van der Waals surface area contributed by atoms with Gasteiger partial charge in [0.15, 0.2) is 0 Å². The summed E-state index contributed by atoms with van der Waals surface area (Å²) in [5, 5.41) is 4.69. The molecule has 44 heavy (non-hydrogen) atoms. The zero-order chi connectivity index (χ0) is 31.4. The highest BCUT2D eigenvalue weighted by atomic mass is 14.9. The molecule has 5 heteroatoms. The molecule has 6 heterocycles. The molecule has 3 aromatic heterocycles. The van der Waals surface area contributed by atoms with Gasteiger partial charge in [-0.25, -0.2) is 4.99 Å². The number of rotatable bonds is 6. The normalized spacial score (nSPS) is 16.3. The first-order valence-electron chi connectivity index (χ1n) is 16.6. The van der Waals surface area contributed by atoms with Gasteiger partial charge in [0.05, 0.1) is 22.5 Å². The minimum atomic E-state index is 1.05. The third kappa shape index (κ3) is 4.86. The van der Waals surface area contributed by atoms with Crippen LogP contribution in [0.3, 0.4) is 0 Å². The van der Waals surface area contributed by atoms with Gasteiger partial charge < -0.3 is 15.0 Å². The molecule has 0 radical (unpaired) electrons. The van der Waals surface area contributed by atoms with Crippen LogP contribution in [0.25, 0.3) is 23.9 Å². The van der Waals surface area contributed by atoms with Crippen molar-refractivity contribution in [1.82, 2.24) is 15.0 Å². The summed E-state index contributed by atoms with van der Waals surface area (Å²) in [5.74, 6) is 0. The number of fused-ring (bicyclic) bond motifs is 10. The maximum absolute atomic E-state index is 5.33. The van der Waals surface area contributed by atoms with Crippen molar-refractivity contribution in [2.45, 2.75) is 108 Å². The van der Waals surface area contributed by atoms with Gasteiger partial charge in [0.2, 0.25) is 0 Å². The molecular weight excluding hydrogens is 538 g/mol. The number of H-pyrrole nitrogens is 3. The SMILES string of the molecule is CCCCC1=C(C)C2=Cc3[nH]c(c(C)c3C)C3=NC(=c4[nH]c(c(C)c4C)=Cc4[nH]c(c(CCCC)c4C)C=C1[NH2+]2)C(C)=C3C. The number of unbranched alkanes of at least 4 members (excludes halogenated alkanes) is 2. The molecular formula is C39H50N5+. The molecule has 3 aliphatic heterocycles. The maximum Gasteiger partial charge on any atom is 0.140 e. The molecule has 0 unspecified atom stereocenters. The number of aromatic nitrogens is 3. The predicted molar refractivity (Wildman–Crippen MR) is 186 cm³/mol. The molecule has 10 bridgehead atoms. The number of nitrogens with one attached hydrogen (secondary N) is 3. The Labute approximate surface area is 262 Å². The summed E-state index contributed by atoms with van der Waals surface area (Å²) in [6.45, 7) is 22.5. The fourth-order valence-electron chi connectivity index (χ4n) is 7.10. The van der Waals surface area contributed by atoms with E-state index >= 15 is 0 Å². The lowest BCUT2D eigenvalue weighted by Crippen LogP contribution is -2.77. The van der Waals surface area contributed by atoms with E-state index in [1.807, 2.05) is 0 Å². The largest absolute Gasteiger partial charge is 0.355 e. The Morgan fingerprint density at radius 3 is 2.02 bits per heavy atom. The zero-order valence-corrected chi connectivity index (χ0v) is 28.5. The molecule has 0 amide bonds. The Morgan fingerprint density at radius 2 is 1.30 bits per heavy atom. The Morgan fingerprint density at radius 1 is 0.614 bits per heavy atom. The van der Waals surface area contributed by atoms with Crippen molar-refractivity contribution in [3.8, 4) is 0 Å². The molecule has 0 atom stereocenters. The second kappa shape index (κ2) is 11.6. The number of hydrogen-bond acceptors (Lipinski definition) is 1. The summed E-state index contributed by atoms with van der Waals surface area (Å²) in [4.78, 5) is 16.8. The predicted octanol–water partition coefficient (Wildman–Crippen LogP) is 7.11. The number of hydrogen-bond donors (Lipinski definition) is 4. The van der Waals surface area contributed by atoms with Crippen LogP contribution in [0.4, 0.5) is 0 Å². The van der Waals surface area contributed by atoms with Crippen molar-refractivity contribution in [1.29, 1.82) is 0 Å². The molecule has 3 aliphatic rings. The first-order valence-corrected chi connectivity index (χ1v) is 16.6. The van der Waals surface area contributed by atoms with Crippen molar-refractivity contribution in [3.05, 3.63) is 101 Å². The minimum Gasteiger partial charge on any atom is -0.355 e. The standard InChI is InChI=1S/C39H49N5/c1-11-13-15-28-26(9)32-17-30-20(3)22(5)36(42-30)38-24(7)25(8)39(44-38)37-23(6)21(4)31(43-37)18-33-27(10)29(16-14-12-2)35(41-33)19-34(28)40-32/h17-19,40-43H,11-16H2,1-10H3/p+1. The summed E-state index contributed by atoms with van der Waals surface area (Å²) in [7, 11) is 0. The highest BCUT2D eigenvalue weighted by Crippen LogP contribution is 2.33. The van der Waals surface area contributed by atoms with Crippen molar-refractivity contribution in [3.63, 3.8) is 0 Å². The van der Waals surface area contributed by atoms with Gasteiger partial charge in [0.25, 0.3) is 0 Å². The topological polar surface area (TPSA) is 76.3 Å². The fraction of sp³-hybridized carbons (Fsp3) is 0.410. The molecule has 0 spiro atoms. The van der Waals surface area contributed by atoms with Gasteiger partial charge in [-0.05, 0) is 132 Å². The Hall–Kier alpha value is -3.83. The van der Waals surface area contributed by atoms with E-state index in [1.165, 1.54) is 110 Å². The van der Waals surface area contributed by atoms with Crippen LogP contribution in [-0.4, -0.2) is 20.7 Å². The average Bonchev–Trinajstić information content (AvgIpc) is 3.72. The third-order valence-electron chi connectivity index (χ3n) is 10.6. The minimum absolute atomic E-state index is 1.05. The summed E-state index contributed by atoms with van der Waals surface area (Å²) in [6, 6.07) is 0. The molecule has 3 aromatic rings. The van der Waals surface area contributed by atoms with Crippen molar-refractivity contribution >= 4 is 29.6 Å². The van der Waals surface area contributed by atoms with Crippen LogP contribution in [0.15, 0.2) is 38.7 Å². The Bertz CT molecular complexity index is 1970. The summed E-state index contributed by atoms with van der Waals surface area (Å²) >= 11 is 0. The van der Waals surface area contributed by atoms with Crippen LogP contribution >= 0.6 is 0 Å². The number of aliphatic imine (C=N–C) groups is 1. The van der Waals surface area contributed by atoms with Gasteiger partial charge in [-0.2, -0.15) is 0 Å². The number of nitrogens with two attached hydrogens (primary N) is 1. The van der Waals surface area contributed by atoms with Crippen LogP contribution < -0.4 is 16.0 Å². The molecule has 5 nitrogen and oxygen atoms in total. The van der Waals surface area contributed by atoms with Crippen molar-refractivity contribution in [2.24, 2.45) is 4.99 Å². The number of nitrogens with zero attached hydrogens (tertiary/aromatic N) is 1. The van der Waals surface area contributed by atoms with Gasteiger partial charge in [-0.3, -0.25) is 5.32 Å². The third-order valence-corrected chi connectivity index (χ3v) is 10.6. The summed E-state index contributed by atoms with van der Waals surface area (Å²) in [5.41, 5.74) is 22.7. The summed E-state index contributed by atoms with van der Waals surface area (Å²) in [6.07, 6.45) is 14.1. The monoisotopic (exact) mass is 588 g/mol. The molecule has 230 valence electrons. The van der Waals surface area contributed by atoms with E-state index < -0.39 is 0 Å². The molecule has 0 saturated carbocycles. The van der Waals surface area contributed by atoms with E-state index in [9.17, 15) is 0 Å². The van der Waals surface area contributed by atoms with Gasteiger partial charge in [0, 0.05) is 45.7 Å². The van der Waals surface area contributed by atoms with Gasteiger partial charge in [-0.15, -0.1) is 0 Å². The van der Waals surface area contributed by atoms with Crippen molar-refractivity contribution in [2.75, 3.05) is 0 Å². The van der Waals surface area contributed by atoms with E-state index in [0.29, 0.717) is 0 Å². The fourth-order valence-corrected chi connectivity index (χ4v) is 7.10. The summed E-state index contributed by atoms with van der Waals surface area (Å²) < 4.78 is 0. The van der Waals surface area contributed by atoms with Crippen molar-refractivity contribution < 1.29 is 5.32 Å². The quantitative estimate of drug-likeness (QED) is 0.237. The highest BCUT2D eigenvalue weighted by molar-refractivity contribution is 6.18. The lowest BCUT2D eigenvalue weighted by Gasteiger charge is -2.05. The number of quaternary nitrogens is 1. The van der Waals surface area contributed by atoms with E-state index in [4.69, 9.17) is 4.99 Å². The first kappa shape index (κ1) is 30.2. The van der Waals surface area contributed by atoms with Crippen LogP contribution in [0, 0.1) is 34.6 Å². The van der Waals surface area contributed by atoms with E-state index in [1.54, 1.807) is 0 Å². The number of aromatic amines is 3. The van der Waals surface area contributed by atoms with E-state index in [0.717, 1.165) is 40.6 Å². The zero-order valence-electron chi connectivity index (χ0n) is 28.5. The van der Waals surface area contributed by atoms with Crippen LogP contribution in [0.5, 0.6) is 0 Å². The molecule has 0 aliphatic carbocycles. The second-order valence-electron chi connectivity index (χ2n) is 13.2. The second-order valence-corrected chi connectivity index (χ2v) is 13.2. The Balaban J connectivity index is 1.69. The maximum atomic E-state index is 5.33.